The van der Waals surface area contributed by atoms with Crippen molar-refractivity contribution in [1.82, 2.24) is 4.72 Å². The van der Waals surface area contributed by atoms with Gasteiger partial charge in [0.25, 0.3) is 5.91 Å². The van der Waals surface area contributed by atoms with Gasteiger partial charge in [-0.1, -0.05) is 67.2 Å². The number of anilines is 2. The molecule has 0 aliphatic carbocycles. The van der Waals surface area contributed by atoms with E-state index in [-0.39, 0.29) is 6.54 Å². The number of hydrogen-bond donors (Lipinski definition) is 1. The molecule has 3 aromatic rings. The van der Waals surface area contributed by atoms with Gasteiger partial charge in [0.2, 0.25) is 15.9 Å². The lowest BCUT2D eigenvalue weighted by Crippen LogP contribution is -2.38. The molecule has 0 spiro atoms. The molecular formula is C29H29N3O4S2. The Hall–Kier alpha value is -3.69. The lowest BCUT2D eigenvalue weighted by molar-refractivity contribution is -0.117. The third-order valence-corrected chi connectivity index (χ3v) is 8.03. The highest BCUT2D eigenvalue weighted by Gasteiger charge is 2.31. The van der Waals surface area contributed by atoms with E-state index in [0.717, 1.165) is 62.4 Å². The van der Waals surface area contributed by atoms with Crippen LogP contribution in [0.5, 0.6) is 5.75 Å². The fourth-order valence-corrected chi connectivity index (χ4v) is 6.22. The van der Waals surface area contributed by atoms with Crippen molar-refractivity contribution in [3.05, 3.63) is 95.4 Å². The maximum Gasteiger partial charge on any atom is 0.253 e. The number of carbonyl (C=O) groups is 1. The van der Waals surface area contributed by atoms with E-state index < -0.39 is 15.9 Å². The Kier molecular flexibility index (Phi) is 7.23. The van der Waals surface area contributed by atoms with Crippen molar-refractivity contribution in [2.75, 3.05) is 29.1 Å². The van der Waals surface area contributed by atoms with Gasteiger partial charge in [0.1, 0.15) is 6.54 Å². The minimum atomic E-state index is -3.65. The summed E-state index contributed by atoms with van der Waals surface area (Å²) in [6.45, 7) is 4.77. The van der Waals surface area contributed by atoms with Gasteiger partial charge in [0, 0.05) is 17.0 Å². The number of nitrogens with zero attached hydrogens (tertiary/aromatic N) is 2. The topological polar surface area (TPSA) is 79.0 Å². The van der Waals surface area contributed by atoms with Crippen molar-refractivity contribution in [3.8, 4) is 16.9 Å². The summed E-state index contributed by atoms with van der Waals surface area (Å²) in [7, 11) is -3.65. The Bertz CT molecular complexity index is 1550. The summed E-state index contributed by atoms with van der Waals surface area (Å²) < 4.78 is 31.7. The van der Waals surface area contributed by atoms with E-state index in [1.54, 1.807) is 11.8 Å². The summed E-state index contributed by atoms with van der Waals surface area (Å²) >= 11 is 1.55. The Morgan fingerprint density at radius 3 is 2.39 bits per heavy atom. The first kappa shape index (κ1) is 25.9. The van der Waals surface area contributed by atoms with Crippen LogP contribution in [0.15, 0.2) is 100 Å². The second-order valence-electron chi connectivity index (χ2n) is 9.01. The van der Waals surface area contributed by atoms with Gasteiger partial charge < -0.3 is 14.5 Å². The summed E-state index contributed by atoms with van der Waals surface area (Å²) in [6.07, 6.45) is 3.72. The van der Waals surface area contributed by atoms with Gasteiger partial charge in [0.05, 0.1) is 22.7 Å². The van der Waals surface area contributed by atoms with E-state index in [9.17, 15) is 13.2 Å². The first-order valence-corrected chi connectivity index (χ1v) is 15.1. The highest BCUT2D eigenvalue weighted by Crippen LogP contribution is 2.47. The first-order valence-electron chi connectivity index (χ1n) is 12.4. The number of nitrogens with one attached hydrogen (secondary N) is 1. The highest BCUT2D eigenvalue weighted by atomic mass is 32.2. The molecule has 0 saturated heterocycles. The van der Waals surface area contributed by atoms with Crippen molar-refractivity contribution in [1.29, 1.82) is 0 Å². The van der Waals surface area contributed by atoms with Crippen LogP contribution >= 0.6 is 11.8 Å². The number of carbonyl (C=O) groups excluding carboxylic acids is 1. The first-order chi connectivity index (χ1) is 18.3. The van der Waals surface area contributed by atoms with E-state index in [0.29, 0.717) is 6.42 Å². The van der Waals surface area contributed by atoms with E-state index in [1.807, 2.05) is 59.5 Å². The van der Waals surface area contributed by atoms with Crippen molar-refractivity contribution in [2.45, 2.75) is 25.2 Å². The molecule has 0 fully saturated rings. The van der Waals surface area contributed by atoms with Crippen LogP contribution in [0.1, 0.15) is 20.3 Å². The minimum Gasteiger partial charge on any atom is -0.438 e. The zero-order chi connectivity index (χ0) is 26.9. The summed E-state index contributed by atoms with van der Waals surface area (Å²) in [5.41, 5.74) is 5.12. The van der Waals surface area contributed by atoms with Crippen molar-refractivity contribution in [2.24, 2.45) is 0 Å². The molecule has 38 heavy (non-hydrogen) atoms. The van der Waals surface area contributed by atoms with E-state index >= 15 is 0 Å². The van der Waals surface area contributed by atoms with E-state index in [1.165, 1.54) is 0 Å². The average Bonchev–Trinajstić information content (AvgIpc) is 3.43. The fourth-order valence-electron chi connectivity index (χ4n) is 4.62. The predicted octanol–water partition coefficient (Wildman–Crippen LogP) is 5.72. The molecule has 0 radical (unpaired) electrons. The fraction of sp³-hybridized carbons (Fsp3) is 0.207. The molecule has 5 rings (SSSR count). The van der Waals surface area contributed by atoms with Gasteiger partial charge in [-0.05, 0) is 54.8 Å². The number of allylic oxidation sites excluding steroid dienone is 2. The van der Waals surface area contributed by atoms with E-state index in [4.69, 9.17) is 4.74 Å². The summed E-state index contributed by atoms with van der Waals surface area (Å²) in [6, 6.07) is 24.3. The second-order valence-corrected chi connectivity index (χ2v) is 11.8. The summed E-state index contributed by atoms with van der Waals surface area (Å²) in [5.74, 6) is 0.979. The molecule has 0 aromatic heterocycles. The Balaban J connectivity index is 1.51. The zero-order valence-corrected chi connectivity index (χ0v) is 23.1. The quantitative estimate of drug-likeness (QED) is 0.405. The largest absolute Gasteiger partial charge is 0.438 e. The van der Waals surface area contributed by atoms with Crippen molar-refractivity contribution < 1.29 is 17.9 Å². The number of rotatable bonds is 7. The number of amides is 1. The molecule has 0 bridgehead atoms. The average molecular weight is 548 g/mol. The highest BCUT2D eigenvalue weighted by molar-refractivity contribution is 8.03. The molecule has 1 N–H and O–H groups in total. The van der Waals surface area contributed by atoms with Crippen LogP contribution in [0.4, 0.5) is 11.4 Å². The van der Waals surface area contributed by atoms with Crippen molar-refractivity contribution >= 4 is 39.1 Å². The molecule has 3 aromatic carbocycles. The molecule has 0 unspecified atom stereocenters. The third kappa shape index (κ3) is 5.30. The molecule has 2 aliphatic rings. The van der Waals surface area contributed by atoms with Gasteiger partial charge in [-0.2, -0.15) is 0 Å². The Morgan fingerprint density at radius 2 is 1.68 bits per heavy atom. The number of para-hydroxylation sites is 1. The van der Waals surface area contributed by atoms with Gasteiger partial charge in [0.15, 0.2) is 5.75 Å². The Labute approximate surface area is 227 Å². The van der Waals surface area contributed by atoms with Crippen LogP contribution in [0.2, 0.25) is 0 Å². The van der Waals surface area contributed by atoms with Gasteiger partial charge in [-0.3, -0.25) is 9.52 Å². The molecule has 2 aliphatic heterocycles. The van der Waals surface area contributed by atoms with Crippen LogP contribution in [-0.2, 0) is 14.8 Å². The summed E-state index contributed by atoms with van der Waals surface area (Å²) in [5, 5.41) is 0.833. The maximum atomic E-state index is 12.6. The monoisotopic (exact) mass is 547 g/mol. The molecule has 196 valence electrons. The third-order valence-electron chi connectivity index (χ3n) is 6.32. The zero-order valence-electron chi connectivity index (χ0n) is 21.5. The number of benzene rings is 3. The number of fused-ring (bicyclic) bond motifs is 2. The number of sulfonamides is 1. The predicted molar refractivity (Wildman–Crippen MR) is 154 cm³/mol. The molecular weight excluding hydrogens is 518 g/mol. The normalized spacial score (nSPS) is 16.8. The number of hydrogen-bond acceptors (Lipinski definition) is 7. The van der Waals surface area contributed by atoms with Gasteiger partial charge >= 0.3 is 0 Å². The van der Waals surface area contributed by atoms with Crippen LogP contribution in [-0.4, -0.2) is 33.7 Å². The molecule has 7 nitrogen and oxygen atoms in total. The van der Waals surface area contributed by atoms with Crippen LogP contribution in [0.3, 0.4) is 0 Å². The lowest BCUT2D eigenvalue weighted by atomic mass is 10.0. The smallest absolute Gasteiger partial charge is 0.253 e. The molecule has 0 saturated carbocycles. The standard InChI is InChI=1S/C29H29N3O4S2/c1-4-20(18-28-32(19-27(33)30-38(3,34)35)23-13-9-10-14-26(23)37-28)29-31(5-2)24-17-22(15-16-25(24)36-29)21-11-7-6-8-12-21/h6-18H,4-5,19H2,1-3H3,(H,30,33). The maximum absolute atomic E-state index is 12.6. The molecule has 2 heterocycles. The SMILES string of the molecule is CCC(C=C1Sc2ccccc2N1CC(=O)NS(C)(=O)=O)=C1Oc2ccc(-c3ccccc3)cc2N1CC. The Morgan fingerprint density at radius 1 is 0.947 bits per heavy atom. The molecule has 1 amide bonds. The minimum absolute atomic E-state index is 0.117. The summed E-state index contributed by atoms with van der Waals surface area (Å²) in [4.78, 5) is 17.6. The van der Waals surface area contributed by atoms with Crippen molar-refractivity contribution in [3.63, 3.8) is 0 Å². The number of ether oxygens (including phenoxy) is 1. The second kappa shape index (κ2) is 10.6. The lowest BCUT2D eigenvalue weighted by Gasteiger charge is -2.22. The van der Waals surface area contributed by atoms with Gasteiger partial charge in [-0.25, -0.2) is 8.42 Å². The van der Waals surface area contributed by atoms with E-state index in [2.05, 4.69) is 47.7 Å². The number of thioether (sulfide) groups is 1. The molecule has 0 atom stereocenters. The van der Waals surface area contributed by atoms with Crippen LogP contribution in [0, 0.1) is 0 Å². The van der Waals surface area contributed by atoms with Gasteiger partial charge in [-0.15, -0.1) is 0 Å². The van der Waals surface area contributed by atoms with Crippen LogP contribution in [0.25, 0.3) is 11.1 Å². The molecule has 9 heteroatoms. The van der Waals surface area contributed by atoms with Crippen LogP contribution < -0.4 is 19.3 Å².